The van der Waals surface area contributed by atoms with Crippen molar-refractivity contribution in [2.75, 3.05) is 13.2 Å². The van der Waals surface area contributed by atoms with Crippen molar-refractivity contribution >= 4 is 61.7 Å². The van der Waals surface area contributed by atoms with E-state index >= 15 is 0 Å². The highest BCUT2D eigenvalue weighted by Crippen LogP contribution is 2.33. The van der Waals surface area contributed by atoms with Crippen molar-refractivity contribution in [1.82, 2.24) is 10.2 Å². The molecule has 0 heterocycles. The van der Waals surface area contributed by atoms with Gasteiger partial charge < -0.3 is 15.0 Å². The van der Waals surface area contributed by atoms with E-state index in [9.17, 15) is 9.59 Å². The third kappa shape index (κ3) is 7.12. The summed E-state index contributed by atoms with van der Waals surface area (Å²) in [4.78, 5) is 28.0. The Morgan fingerprint density at radius 2 is 1.83 bits per heavy atom. The van der Waals surface area contributed by atoms with Crippen LogP contribution in [-0.4, -0.2) is 35.9 Å². The summed E-state index contributed by atoms with van der Waals surface area (Å²) in [5.74, 6) is 0.0850. The molecule has 1 atom stereocenters. The van der Waals surface area contributed by atoms with Crippen LogP contribution < -0.4 is 10.1 Å². The average Bonchev–Trinajstić information content (AvgIpc) is 2.85. The Morgan fingerprint density at radius 1 is 1.06 bits per heavy atom. The second-order valence-electron chi connectivity index (χ2n) is 8.23. The predicted octanol–water partition coefficient (Wildman–Crippen LogP) is 7.01. The van der Waals surface area contributed by atoms with Gasteiger partial charge in [0, 0.05) is 13.1 Å². The summed E-state index contributed by atoms with van der Waals surface area (Å²) in [6, 6.07) is 16.3. The van der Waals surface area contributed by atoms with Gasteiger partial charge in [-0.25, -0.2) is 0 Å². The molecule has 2 amide bonds. The molecule has 3 aromatic rings. The Labute approximate surface area is 224 Å². The lowest BCUT2D eigenvalue weighted by Crippen LogP contribution is -2.50. The number of nitrogens with one attached hydrogen (secondary N) is 1. The van der Waals surface area contributed by atoms with Crippen LogP contribution in [-0.2, 0) is 16.1 Å². The maximum absolute atomic E-state index is 13.4. The van der Waals surface area contributed by atoms with E-state index in [1.165, 1.54) is 0 Å². The van der Waals surface area contributed by atoms with Gasteiger partial charge in [0.15, 0.2) is 6.61 Å². The van der Waals surface area contributed by atoms with Crippen LogP contribution in [0, 0.1) is 0 Å². The molecule has 3 rings (SSSR count). The number of hydrogen-bond acceptors (Lipinski definition) is 3. The summed E-state index contributed by atoms with van der Waals surface area (Å²) in [6.45, 7) is 4.52. The first kappa shape index (κ1) is 27.3. The van der Waals surface area contributed by atoms with Crippen molar-refractivity contribution in [2.24, 2.45) is 0 Å². The quantitative estimate of drug-likeness (QED) is 0.248. The Balaban J connectivity index is 1.82. The molecule has 186 valence electrons. The fourth-order valence-electron chi connectivity index (χ4n) is 3.81. The van der Waals surface area contributed by atoms with Crippen LogP contribution in [0.15, 0.2) is 59.1 Å². The predicted molar refractivity (Wildman–Crippen MR) is 146 cm³/mol. The van der Waals surface area contributed by atoms with Crippen molar-refractivity contribution < 1.29 is 14.3 Å². The molecule has 1 unspecified atom stereocenters. The minimum absolute atomic E-state index is 0.179. The lowest BCUT2D eigenvalue weighted by atomic mass is 10.1. The maximum atomic E-state index is 13.4. The second-order valence-corrected chi connectivity index (χ2v) is 9.83. The van der Waals surface area contributed by atoms with Gasteiger partial charge in [-0.05, 0) is 63.3 Å². The summed E-state index contributed by atoms with van der Waals surface area (Å²) in [5, 5.41) is 5.84. The number of carbonyl (C=O) groups is 2. The normalized spacial score (nSPS) is 11.8. The minimum Gasteiger partial charge on any atom is -0.483 e. The molecule has 0 bridgehead atoms. The van der Waals surface area contributed by atoms with Gasteiger partial charge in [0.25, 0.3) is 5.91 Å². The van der Waals surface area contributed by atoms with E-state index in [1.807, 2.05) is 43.3 Å². The molecule has 0 saturated carbocycles. The summed E-state index contributed by atoms with van der Waals surface area (Å²) >= 11 is 15.9. The van der Waals surface area contributed by atoms with Gasteiger partial charge in [-0.15, -0.1) is 0 Å². The van der Waals surface area contributed by atoms with E-state index in [2.05, 4.69) is 28.2 Å². The van der Waals surface area contributed by atoms with Crippen molar-refractivity contribution in [2.45, 2.75) is 45.7 Å². The fraction of sp³-hybridized carbons (Fsp3) is 0.333. The molecule has 0 radical (unpaired) electrons. The zero-order valence-corrected chi connectivity index (χ0v) is 22.9. The molecule has 0 aliphatic carbocycles. The van der Waals surface area contributed by atoms with E-state index in [0.29, 0.717) is 28.8 Å². The van der Waals surface area contributed by atoms with Gasteiger partial charge in [-0.2, -0.15) is 0 Å². The number of fused-ring (bicyclic) bond motifs is 1. The van der Waals surface area contributed by atoms with Crippen LogP contribution in [0.1, 0.15) is 38.7 Å². The number of rotatable bonds is 11. The highest BCUT2D eigenvalue weighted by Gasteiger charge is 2.29. The van der Waals surface area contributed by atoms with Gasteiger partial charge in [-0.3, -0.25) is 9.59 Å². The molecule has 35 heavy (non-hydrogen) atoms. The van der Waals surface area contributed by atoms with Crippen LogP contribution >= 0.6 is 39.1 Å². The molecular weight excluding hydrogens is 551 g/mol. The van der Waals surface area contributed by atoms with E-state index in [0.717, 1.165) is 33.7 Å². The summed E-state index contributed by atoms with van der Waals surface area (Å²) in [5.41, 5.74) is 0.777. The van der Waals surface area contributed by atoms with Crippen LogP contribution in [0.25, 0.3) is 10.8 Å². The van der Waals surface area contributed by atoms with Crippen LogP contribution in [0.2, 0.25) is 10.0 Å². The molecule has 3 aromatic carbocycles. The first-order chi connectivity index (χ1) is 16.8. The fourth-order valence-corrected chi connectivity index (χ4v) is 4.74. The van der Waals surface area contributed by atoms with Gasteiger partial charge >= 0.3 is 0 Å². The molecule has 1 N–H and O–H groups in total. The minimum atomic E-state index is -0.641. The van der Waals surface area contributed by atoms with Gasteiger partial charge in [0.1, 0.15) is 11.8 Å². The smallest absolute Gasteiger partial charge is 0.261 e. The largest absolute Gasteiger partial charge is 0.483 e. The first-order valence-electron chi connectivity index (χ1n) is 11.7. The molecule has 0 saturated heterocycles. The zero-order valence-electron chi connectivity index (χ0n) is 19.8. The Kier molecular flexibility index (Phi) is 10.3. The molecule has 0 aliphatic heterocycles. The Hall–Kier alpha value is -2.28. The molecule has 0 spiro atoms. The van der Waals surface area contributed by atoms with Crippen molar-refractivity contribution in [3.63, 3.8) is 0 Å². The number of ether oxygens (including phenoxy) is 1. The molecule has 0 aromatic heterocycles. The summed E-state index contributed by atoms with van der Waals surface area (Å²) in [6.07, 6.45) is 2.31. The SMILES string of the molecule is CCCCNC(=O)C(CC)N(Cc1ccc(Cl)c(Cl)c1)C(=O)COc1ccc2ccccc2c1Br. The third-order valence-electron chi connectivity index (χ3n) is 5.73. The molecular formula is C27H29BrCl2N2O3. The van der Waals surface area contributed by atoms with E-state index in [1.54, 1.807) is 23.1 Å². The number of hydrogen-bond donors (Lipinski definition) is 1. The lowest BCUT2D eigenvalue weighted by molar-refractivity contribution is -0.143. The number of halogens is 3. The van der Waals surface area contributed by atoms with Crippen molar-refractivity contribution in [3.05, 3.63) is 74.7 Å². The van der Waals surface area contributed by atoms with Crippen LogP contribution in [0.4, 0.5) is 0 Å². The Morgan fingerprint density at radius 3 is 2.54 bits per heavy atom. The lowest BCUT2D eigenvalue weighted by Gasteiger charge is -2.30. The van der Waals surface area contributed by atoms with E-state index in [-0.39, 0.29) is 25.0 Å². The summed E-state index contributed by atoms with van der Waals surface area (Å²) in [7, 11) is 0. The zero-order chi connectivity index (χ0) is 25.4. The highest BCUT2D eigenvalue weighted by atomic mass is 79.9. The van der Waals surface area contributed by atoms with Crippen molar-refractivity contribution in [3.8, 4) is 5.75 Å². The maximum Gasteiger partial charge on any atom is 0.261 e. The molecule has 8 heteroatoms. The van der Waals surface area contributed by atoms with E-state index < -0.39 is 6.04 Å². The standard InChI is InChI=1S/C27H29BrCl2N2O3/c1-3-5-14-31-27(34)23(4-2)32(16-18-10-12-21(29)22(30)15-18)25(33)17-35-24-13-11-19-8-6-7-9-20(19)26(24)28/h6-13,15,23H,3-5,14,16-17H2,1-2H3,(H,31,34). The number of unbranched alkanes of at least 4 members (excludes halogenated alkanes) is 1. The summed E-state index contributed by atoms with van der Waals surface area (Å²) < 4.78 is 6.71. The number of nitrogens with zero attached hydrogens (tertiary/aromatic N) is 1. The van der Waals surface area contributed by atoms with Crippen LogP contribution in [0.5, 0.6) is 5.75 Å². The average molecular weight is 580 g/mol. The monoisotopic (exact) mass is 578 g/mol. The van der Waals surface area contributed by atoms with Crippen LogP contribution in [0.3, 0.4) is 0 Å². The molecule has 5 nitrogen and oxygen atoms in total. The topological polar surface area (TPSA) is 58.6 Å². The van der Waals surface area contributed by atoms with Gasteiger partial charge in [0.05, 0.1) is 14.5 Å². The third-order valence-corrected chi connectivity index (χ3v) is 7.29. The number of benzene rings is 3. The van der Waals surface area contributed by atoms with E-state index in [4.69, 9.17) is 27.9 Å². The van der Waals surface area contributed by atoms with Crippen molar-refractivity contribution in [1.29, 1.82) is 0 Å². The Bertz CT molecular complexity index is 1190. The van der Waals surface area contributed by atoms with Gasteiger partial charge in [0.2, 0.25) is 5.91 Å². The molecule has 0 aliphatic rings. The van der Waals surface area contributed by atoms with Gasteiger partial charge in [-0.1, -0.05) is 79.9 Å². The highest BCUT2D eigenvalue weighted by molar-refractivity contribution is 9.10. The number of carbonyl (C=O) groups excluding carboxylic acids is 2. The molecule has 0 fully saturated rings. The first-order valence-corrected chi connectivity index (χ1v) is 13.2. The second kappa shape index (κ2) is 13.1. The number of amides is 2.